The highest BCUT2D eigenvalue weighted by molar-refractivity contribution is 9.10. The van der Waals surface area contributed by atoms with Crippen molar-refractivity contribution in [1.29, 1.82) is 0 Å². The molecule has 2 atom stereocenters. The molecule has 1 aromatic heterocycles. The van der Waals surface area contributed by atoms with Gasteiger partial charge in [0.1, 0.15) is 0 Å². The predicted molar refractivity (Wildman–Crippen MR) is 73.1 cm³/mol. The smallest absolute Gasteiger partial charge is 0.0781 e. The fourth-order valence-electron chi connectivity index (χ4n) is 2.14. The molecule has 0 aliphatic heterocycles. The van der Waals surface area contributed by atoms with Gasteiger partial charge in [-0.3, -0.25) is 4.68 Å². The van der Waals surface area contributed by atoms with Crippen molar-refractivity contribution < 1.29 is 4.74 Å². The third-order valence-corrected chi connectivity index (χ3v) is 3.60. The zero-order valence-corrected chi connectivity index (χ0v) is 12.6. The second-order valence-electron chi connectivity index (χ2n) is 4.02. The Balaban J connectivity index is 3.02. The number of halogens is 1. The first-order chi connectivity index (χ1) is 8.19. The zero-order valence-electron chi connectivity index (χ0n) is 11.0. The number of aromatic nitrogens is 2. The monoisotopic (exact) mass is 303 g/mol. The van der Waals surface area contributed by atoms with Crippen LogP contribution in [0.15, 0.2) is 10.7 Å². The summed E-state index contributed by atoms with van der Waals surface area (Å²) in [5, 5.41) is 7.69. The van der Waals surface area contributed by atoms with Gasteiger partial charge >= 0.3 is 0 Å². The SMILES string of the molecule is CCCC(OC)C(NC)c1c(Br)cnn1CC. The van der Waals surface area contributed by atoms with Crippen LogP contribution in [0.25, 0.3) is 0 Å². The van der Waals surface area contributed by atoms with Gasteiger partial charge in [0.15, 0.2) is 0 Å². The molecule has 1 N–H and O–H groups in total. The Kier molecular flexibility index (Phi) is 6.16. The van der Waals surface area contributed by atoms with E-state index < -0.39 is 0 Å². The van der Waals surface area contributed by atoms with E-state index in [-0.39, 0.29) is 12.1 Å². The molecule has 0 amide bonds. The third kappa shape index (κ3) is 3.30. The van der Waals surface area contributed by atoms with Crippen LogP contribution in [0.5, 0.6) is 0 Å². The van der Waals surface area contributed by atoms with Gasteiger partial charge in [-0.1, -0.05) is 13.3 Å². The van der Waals surface area contributed by atoms with Gasteiger partial charge in [-0.25, -0.2) is 0 Å². The lowest BCUT2D eigenvalue weighted by Gasteiger charge is -2.26. The maximum Gasteiger partial charge on any atom is 0.0781 e. The maximum absolute atomic E-state index is 5.60. The molecule has 0 aliphatic rings. The second-order valence-corrected chi connectivity index (χ2v) is 4.88. The molecule has 2 unspecified atom stereocenters. The van der Waals surface area contributed by atoms with Crippen molar-refractivity contribution in [2.45, 2.75) is 45.4 Å². The van der Waals surface area contributed by atoms with Crippen LogP contribution in [0.4, 0.5) is 0 Å². The summed E-state index contributed by atoms with van der Waals surface area (Å²) < 4.78 is 8.64. The van der Waals surface area contributed by atoms with Crippen molar-refractivity contribution in [3.63, 3.8) is 0 Å². The molecule has 0 radical (unpaired) electrons. The molecular formula is C12H22BrN3O. The Morgan fingerprint density at radius 1 is 1.53 bits per heavy atom. The molecule has 98 valence electrons. The van der Waals surface area contributed by atoms with Crippen molar-refractivity contribution >= 4 is 15.9 Å². The van der Waals surface area contributed by atoms with Crippen molar-refractivity contribution in [2.24, 2.45) is 0 Å². The summed E-state index contributed by atoms with van der Waals surface area (Å²) in [5.41, 5.74) is 1.16. The minimum absolute atomic E-state index is 0.164. The topological polar surface area (TPSA) is 39.1 Å². The summed E-state index contributed by atoms with van der Waals surface area (Å²) >= 11 is 3.57. The number of nitrogens with one attached hydrogen (secondary N) is 1. The minimum atomic E-state index is 0.164. The number of methoxy groups -OCH3 is 1. The van der Waals surface area contributed by atoms with E-state index in [1.165, 1.54) is 0 Å². The number of ether oxygens (including phenoxy) is 1. The molecule has 1 rings (SSSR count). The Bertz CT molecular complexity index is 340. The fraction of sp³-hybridized carbons (Fsp3) is 0.750. The van der Waals surface area contributed by atoms with Crippen molar-refractivity contribution in [3.8, 4) is 0 Å². The van der Waals surface area contributed by atoms with Crippen LogP contribution in [0.1, 0.15) is 38.4 Å². The molecule has 5 heteroatoms. The zero-order chi connectivity index (χ0) is 12.8. The molecule has 4 nitrogen and oxygen atoms in total. The number of rotatable bonds is 7. The number of nitrogens with zero attached hydrogens (tertiary/aromatic N) is 2. The van der Waals surface area contributed by atoms with Crippen LogP contribution >= 0.6 is 15.9 Å². The summed E-state index contributed by atoms with van der Waals surface area (Å²) in [4.78, 5) is 0. The van der Waals surface area contributed by atoms with Crippen molar-refractivity contribution in [1.82, 2.24) is 15.1 Å². The Hall–Kier alpha value is -0.390. The number of hydrogen-bond acceptors (Lipinski definition) is 3. The Morgan fingerprint density at radius 3 is 2.71 bits per heavy atom. The lowest BCUT2D eigenvalue weighted by atomic mass is 10.0. The minimum Gasteiger partial charge on any atom is -0.379 e. The third-order valence-electron chi connectivity index (χ3n) is 2.99. The molecule has 0 saturated carbocycles. The molecular weight excluding hydrogens is 282 g/mol. The summed E-state index contributed by atoms with van der Waals surface area (Å²) in [6.45, 7) is 5.13. The van der Waals surface area contributed by atoms with Crippen LogP contribution in [0.2, 0.25) is 0 Å². The van der Waals surface area contributed by atoms with Gasteiger partial charge in [0.05, 0.1) is 28.5 Å². The first-order valence-corrected chi connectivity index (χ1v) is 6.90. The molecule has 0 spiro atoms. The summed E-state index contributed by atoms with van der Waals surface area (Å²) in [6.07, 6.45) is 4.16. The van der Waals surface area contributed by atoms with Gasteiger partial charge in [-0.2, -0.15) is 5.10 Å². The quantitative estimate of drug-likeness (QED) is 0.842. The van der Waals surface area contributed by atoms with E-state index in [0.29, 0.717) is 0 Å². The molecule has 0 aliphatic carbocycles. The average molecular weight is 304 g/mol. The highest BCUT2D eigenvalue weighted by Crippen LogP contribution is 2.28. The largest absolute Gasteiger partial charge is 0.379 e. The van der Waals surface area contributed by atoms with E-state index >= 15 is 0 Å². The van der Waals surface area contributed by atoms with E-state index in [0.717, 1.165) is 29.6 Å². The molecule has 0 saturated heterocycles. The summed E-state index contributed by atoms with van der Waals surface area (Å²) in [6, 6.07) is 0.164. The second kappa shape index (κ2) is 7.13. The lowest BCUT2D eigenvalue weighted by molar-refractivity contribution is 0.0601. The standard InChI is InChI=1S/C12H22BrN3O/c1-5-7-10(17-4)11(14-3)12-9(13)8-15-16(12)6-2/h8,10-11,14H,5-7H2,1-4H3. The molecule has 0 aromatic carbocycles. The van der Waals surface area contributed by atoms with Crippen LogP contribution in [-0.2, 0) is 11.3 Å². The van der Waals surface area contributed by atoms with Gasteiger partial charge in [-0.05, 0) is 36.3 Å². The molecule has 0 fully saturated rings. The first kappa shape index (κ1) is 14.7. The van der Waals surface area contributed by atoms with Crippen molar-refractivity contribution in [2.75, 3.05) is 14.2 Å². The highest BCUT2D eigenvalue weighted by Gasteiger charge is 2.26. The van der Waals surface area contributed by atoms with Gasteiger partial charge in [0.2, 0.25) is 0 Å². The highest BCUT2D eigenvalue weighted by atomic mass is 79.9. The van der Waals surface area contributed by atoms with Crippen LogP contribution < -0.4 is 5.32 Å². The number of hydrogen-bond donors (Lipinski definition) is 1. The normalized spacial score (nSPS) is 14.9. The Morgan fingerprint density at radius 2 is 2.24 bits per heavy atom. The Labute approximate surface area is 112 Å². The molecule has 0 bridgehead atoms. The predicted octanol–water partition coefficient (Wildman–Crippen LogP) is 2.74. The van der Waals surface area contributed by atoms with Gasteiger partial charge in [-0.15, -0.1) is 0 Å². The van der Waals surface area contributed by atoms with E-state index in [1.807, 2.05) is 17.9 Å². The van der Waals surface area contributed by atoms with Crippen LogP contribution in [-0.4, -0.2) is 30.0 Å². The van der Waals surface area contributed by atoms with Crippen LogP contribution in [0, 0.1) is 0 Å². The average Bonchev–Trinajstić information content (AvgIpc) is 2.71. The van der Waals surface area contributed by atoms with Gasteiger partial charge < -0.3 is 10.1 Å². The maximum atomic E-state index is 5.60. The van der Waals surface area contributed by atoms with E-state index in [9.17, 15) is 0 Å². The van der Waals surface area contributed by atoms with Crippen molar-refractivity contribution in [3.05, 3.63) is 16.4 Å². The first-order valence-electron chi connectivity index (χ1n) is 6.10. The van der Waals surface area contributed by atoms with Gasteiger partial charge in [0.25, 0.3) is 0 Å². The van der Waals surface area contributed by atoms with E-state index in [1.54, 1.807) is 7.11 Å². The number of likely N-dealkylation sites (N-methyl/N-ethyl adjacent to an activating group) is 1. The molecule has 17 heavy (non-hydrogen) atoms. The lowest BCUT2D eigenvalue weighted by Crippen LogP contribution is -2.33. The van der Waals surface area contributed by atoms with E-state index in [2.05, 4.69) is 40.2 Å². The number of aryl methyl sites for hydroxylation is 1. The van der Waals surface area contributed by atoms with E-state index in [4.69, 9.17) is 4.74 Å². The summed E-state index contributed by atoms with van der Waals surface area (Å²) in [5.74, 6) is 0. The molecule has 1 aromatic rings. The van der Waals surface area contributed by atoms with Gasteiger partial charge in [0, 0.05) is 13.7 Å². The fourth-order valence-corrected chi connectivity index (χ4v) is 2.68. The molecule has 1 heterocycles. The van der Waals surface area contributed by atoms with Crippen LogP contribution in [0.3, 0.4) is 0 Å². The summed E-state index contributed by atoms with van der Waals surface area (Å²) in [7, 11) is 3.73.